The van der Waals surface area contributed by atoms with Gasteiger partial charge in [0.15, 0.2) is 17.5 Å². The summed E-state index contributed by atoms with van der Waals surface area (Å²) in [6.45, 7) is 0. The molecular formula is C47H29N3O. The second-order valence-electron chi connectivity index (χ2n) is 12.8. The largest absolute Gasteiger partial charge is 0.456 e. The third-order valence-corrected chi connectivity index (χ3v) is 9.74. The van der Waals surface area contributed by atoms with Gasteiger partial charge >= 0.3 is 0 Å². The fourth-order valence-electron chi connectivity index (χ4n) is 7.36. The monoisotopic (exact) mass is 651 g/mol. The fourth-order valence-corrected chi connectivity index (χ4v) is 7.36. The SMILES string of the molecule is c1ccc(-c2ccccc2-c2nc(-c3ccc4ccccc4c3-c3ccc4ccccc4c3)nc(-c3cccc4oc5ccccc5c34)n2)cc1. The number of hydrogen-bond acceptors (Lipinski definition) is 4. The van der Waals surface area contributed by atoms with Gasteiger partial charge in [-0.25, -0.2) is 15.0 Å². The first-order valence-corrected chi connectivity index (χ1v) is 17.1. The highest BCUT2D eigenvalue weighted by Gasteiger charge is 2.21. The van der Waals surface area contributed by atoms with Crippen LogP contribution in [0.15, 0.2) is 180 Å². The number of benzene rings is 8. The van der Waals surface area contributed by atoms with Gasteiger partial charge in [-0.15, -0.1) is 0 Å². The zero-order valence-corrected chi connectivity index (χ0v) is 27.5. The summed E-state index contributed by atoms with van der Waals surface area (Å²) in [5.41, 5.74) is 8.75. The van der Waals surface area contributed by atoms with E-state index < -0.39 is 0 Å². The van der Waals surface area contributed by atoms with Gasteiger partial charge in [0.05, 0.1) is 0 Å². The van der Waals surface area contributed by atoms with Gasteiger partial charge in [0.2, 0.25) is 0 Å². The summed E-state index contributed by atoms with van der Waals surface area (Å²) in [6, 6.07) is 61.0. The predicted octanol–water partition coefficient (Wildman–Crippen LogP) is 12.4. The van der Waals surface area contributed by atoms with E-state index in [1.165, 1.54) is 10.8 Å². The molecule has 10 aromatic rings. The summed E-state index contributed by atoms with van der Waals surface area (Å²) in [6.07, 6.45) is 0. The molecule has 2 heterocycles. The van der Waals surface area contributed by atoms with Gasteiger partial charge in [-0.3, -0.25) is 0 Å². The fraction of sp³-hybridized carbons (Fsp3) is 0. The molecule has 0 amide bonds. The van der Waals surface area contributed by atoms with Crippen molar-refractivity contribution in [3.8, 4) is 56.4 Å². The predicted molar refractivity (Wildman–Crippen MR) is 209 cm³/mol. The highest BCUT2D eigenvalue weighted by Crippen LogP contribution is 2.41. The lowest BCUT2D eigenvalue weighted by molar-refractivity contribution is 0.669. The normalized spacial score (nSPS) is 11.5. The van der Waals surface area contributed by atoms with Crippen LogP contribution in [-0.2, 0) is 0 Å². The molecule has 0 atom stereocenters. The molecule has 0 unspecified atom stereocenters. The van der Waals surface area contributed by atoms with E-state index in [1.54, 1.807) is 0 Å². The van der Waals surface area contributed by atoms with Crippen LogP contribution in [-0.4, -0.2) is 15.0 Å². The zero-order chi connectivity index (χ0) is 33.7. The molecule has 0 N–H and O–H groups in total. The number of fused-ring (bicyclic) bond motifs is 5. The third-order valence-electron chi connectivity index (χ3n) is 9.74. The molecule has 4 heteroatoms. The minimum atomic E-state index is 0.590. The van der Waals surface area contributed by atoms with Crippen LogP contribution in [0.3, 0.4) is 0 Å². The van der Waals surface area contributed by atoms with Gasteiger partial charge in [0.25, 0.3) is 0 Å². The van der Waals surface area contributed by atoms with Crippen LogP contribution >= 0.6 is 0 Å². The molecule has 0 aliphatic carbocycles. The Hall–Kier alpha value is -6.91. The summed E-state index contributed by atoms with van der Waals surface area (Å²) in [5, 5.41) is 6.69. The van der Waals surface area contributed by atoms with E-state index in [9.17, 15) is 0 Å². The van der Waals surface area contributed by atoms with Crippen molar-refractivity contribution in [3.63, 3.8) is 0 Å². The average molecular weight is 652 g/mol. The summed E-state index contributed by atoms with van der Waals surface area (Å²) in [5.74, 6) is 1.81. The van der Waals surface area contributed by atoms with Crippen LogP contribution < -0.4 is 0 Å². The number of para-hydroxylation sites is 1. The van der Waals surface area contributed by atoms with Crippen LogP contribution in [0.25, 0.3) is 99.9 Å². The van der Waals surface area contributed by atoms with E-state index in [4.69, 9.17) is 19.4 Å². The Balaban J connectivity index is 1.29. The molecule has 238 valence electrons. The van der Waals surface area contributed by atoms with Gasteiger partial charge in [-0.1, -0.05) is 152 Å². The zero-order valence-electron chi connectivity index (χ0n) is 27.5. The Labute approximate surface area is 294 Å². The van der Waals surface area contributed by atoms with Crippen molar-refractivity contribution in [3.05, 3.63) is 176 Å². The number of aromatic nitrogens is 3. The molecule has 0 radical (unpaired) electrons. The lowest BCUT2D eigenvalue weighted by Crippen LogP contribution is -2.02. The van der Waals surface area contributed by atoms with Crippen LogP contribution in [0, 0.1) is 0 Å². The summed E-state index contributed by atoms with van der Waals surface area (Å²) in [4.78, 5) is 15.9. The molecule has 10 rings (SSSR count). The molecular weight excluding hydrogens is 623 g/mol. The van der Waals surface area contributed by atoms with E-state index in [2.05, 4.69) is 133 Å². The molecule has 2 aromatic heterocycles. The van der Waals surface area contributed by atoms with Crippen LogP contribution in [0.1, 0.15) is 0 Å². The highest BCUT2D eigenvalue weighted by molar-refractivity contribution is 6.12. The van der Waals surface area contributed by atoms with Gasteiger partial charge in [-0.05, 0) is 62.5 Å². The minimum Gasteiger partial charge on any atom is -0.456 e. The van der Waals surface area contributed by atoms with Gasteiger partial charge in [0, 0.05) is 33.0 Å². The molecule has 0 bridgehead atoms. The quantitative estimate of drug-likeness (QED) is 0.186. The van der Waals surface area contributed by atoms with E-state index in [0.717, 1.165) is 71.7 Å². The van der Waals surface area contributed by atoms with Gasteiger partial charge in [0.1, 0.15) is 11.2 Å². The smallest absolute Gasteiger partial charge is 0.164 e. The van der Waals surface area contributed by atoms with E-state index in [1.807, 2.05) is 42.5 Å². The maximum absolute atomic E-state index is 6.31. The topological polar surface area (TPSA) is 51.8 Å². The molecule has 0 fully saturated rings. The highest BCUT2D eigenvalue weighted by atomic mass is 16.3. The van der Waals surface area contributed by atoms with Crippen LogP contribution in [0.4, 0.5) is 0 Å². The molecule has 8 aromatic carbocycles. The van der Waals surface area contributed by atoms with Crippen molar-refractivity contribution in [1.29, 1.82) is 0 Å². The van der Waals surface area contributed by atoms with Crippen molar-refractivity contribution in [2.45, 2.75) is 0 Å². The first-order valence-electron chi connectivity index (χ1n) is 17.1. The summed E-state index contributed by atoms with van der Waals surface area (Å²) < 4.78 is 6.31. The molecule has 51 heavy (non-hydrogen) atoms. The lowest BCUT2D eigenvalue weighted by Gasteiger charge is -2.16. The van der Waals surface area contributed by atoms with E-state index >= 15 is 0 Å². The van der Waals surface area contributed by atoms with Crippen molar-refractivity contribution in [2.24, 2.45) is 0 Å². The van der Waals surface area contributed by atoms with Crippen molar-refractivity contribution >= 4 is 43.5 Å². The number of rotatable bonds is 5. The minimum absolute atomic E-state index is 0.590. The molecule has 0 saturated heterocycles. The molecule has 0 aliphatic rings. The maximum Gasteiger partial charge on any atom is 0.164 e. The molecule has 4 nitrogen and oxygen atoms in total. The van der Waals surface area contributed by atoms with Crippen molar-refractivity contribution in [1.82, 2.24) is 15.0 Å². The van der Waals surface area contributed by atoms with Crippen molar-refractivity contribution < 1.29 is 4.42 Å². The van der Waals surface area contributed by atoms with E-state index in [0.29, 0.717) is 17.5 Å². The molecule has 0 spiro atoms. The average Bonchev–Trinajstić information content (AvgIpc) is 3.59. The van der Waals surface area contributed by atoms with Crippen molar-refractivity contribution in [2.75, 3.05) is 0 Å². The lowest BCUT2D eigenvalue weighted by atomic mass is 9.91. The Morgan fingerprint density at radius 2 is 0.922 bits per heavy atom. The first-order chi connectivity index (χ1) is 25.3. The van der Waals surface area contributed by atoms with Crippen LogP contribution in [0.5, 0.6) is 0 Å². The van der Waals surface area contributed by atoms with E-state index in [-0.39, 0.29) is 0 Å². The van der Waals surface area contributed by atoms with Gasteiger partial charge < -0.3 is 4.42 Å². The first kappa shape index (κ1) is 29.0. The summed E-state index contributed by atoms with van der Waals surface area (Å²) >= 11 is 0. The Kier molecular flexibility index (Phi) is 6.78. The Bertz CT molecular complexity index is 2930. The molecule has 0 saturated carbocycles. The maximum atomic E-state index is 6.31. The Morgan fingerprint density at radius 3 is 1.76 bits per heavy atom. The van der Waals surface area contributed by atoms with Gasteiger partial charge in [-0.2, -0.15) is 0 Å². The van der Waals surface area contributed by atoms with Crippen LogP contribution in [0.2, 0.25) is 0 Å². The number of hydrogen-bond donors (Lipinski definition) is 0. The second kappa shape index (κ2) is 11.9. The third kappa shape index (κ3) is 4.96. The standard InChI is InChI=1S/C47H29N3O/c1-2-14-31(15-3-1)35-18-8-9-20-37(35)45-48-46(39-22-12-24-42-44(39)38-21-10-11-23-41(38)51-42)50-47(49-45)40-28-27-32-16-6-7-19-36(32)43(40)34-26-25-30-13-4-5-17-33(30)29-34/h1-29H. The number of nitrogens with zero attached hydrogens (tertiary/aromatic N) is 3. The Morgan fingerprint density at radius 1 is 0.333 bits per heavy atom. The number of furan rings is 1. The second-order valence-corrected chi connectivity index (χ2v) is 12.8. The molecule has 0 aliphatic heterocycles. The summed E-state index contributed by atoms with van der Waals surface area (Å²) in [7, 11) is 0.